The average Bonchev–Trinajstić information content (AvgIpc) is 3.33. The first-order valence-corrected chi connectivity index (χ1v) is 16.8. The number of alkyl carbamates (subject to hydrolysis) is 1. The Labute approximate surface area is 266 Å². The summed E-state index contributed by atoms with van der Waals surface area (Å²) in [5, 5.41) is 2.95. The molecule has 7 rings (SSSR count). The summed E-state index contributed by atoms with van der Waals surface area (Å²) in [6.45, 7) is 7.87. The molecule has 4 fully saturated rings. The van der Waals surface area contributed by atoms with E-state index in [9.17, 15) is 14.4 Å². The fraction of sp³-hybridized carbons (Fsp3) is 0.686. The van der Waals surface area contributed by atoms with Gasteiger partial charge in [-0.2, -0.15) is 0 Å². The normalized spacial score (nSPS) is 32.8. The van der Waals surface area contributed by atoms with Crippen molar-refractivity contribution in [2.24, 2.45) is 29.1 Å². The smallest absolute Gasteiger partial charge is 0.408 e. The lowest BCUT2D eigenvalue weighted by Gasteiger charge is -2.48. The molecule has 3 heterocycles. The summed E-state index contributed by atoms with van der Waals surface area (Å²) in [7, 11) is 1.62. The van der Waals surface area contributed by atoms with Gasteiger partial charge in [-0.1, -0.05) is 40.5 Å². The van der Waals surface area contributed by atoms with Crippen molar-refractivity contribution in [3.63, 3.8) is 0 Å². The van der Waals surface area contributed by atoms with Crippen molar-refractivity contribution in [2.75, 3.05) is 13.7 Å². The van der Waals surface area contributed by atoms with Gasteiger partial charge in [0.2, 0.25) is 11.8 Å². The zero-order valence-electron chi connectivity index (χ0n) is 27.3. The third kappa shape index (κ3) is 6.34. The predicted octanol–water partition coefficient (Wildman–Crippen LogP) is 5.49. The molecule has 3 aliphatic carbocycles. The van der Waals surface area contributed by atoms with Crippen LogP contribution in [0.4, 0.5) is 4.79 Å². The highest BCUT2D eigenvalue weighted by Gasteiger charge is 2.49. The first kappa shape index (κ1) is 31.5. The number of amides is 2. The minimum absolute atomic E-state index is 0.130. The third-order valence-electron chi connectivity index (χ3n) is 10.8. The second-order valence-electron chi connectivity index (χ2n) is 14.7. The van der Waals surface area contributed by atoms with Gasteiger partial charge in [-0.05, 0) is 80.2 Å². The van der Waals surface area contributed by atoms with E-state index in [2.05, 4.69) is 5.32 Å². The van der Waals surface area contributed by atoms with Crippen LogP contribution in [0, 0.1) is 29.1 Å². The Balaban J connectivity index is 1.35. The summed E-state index contributed by atoms with van der Waals surface area (Å²) in [6, 6.07) is 4.05. The van der Waals surface area contributed by atoms with Crippen LogP contribution in [-0.4, -0.2) is 71.1 Å². The summed E-state index contributed by atoms with van der Waals surface area (Å²) in [6.07, 6.45) is 8.94. The third-order valence-corrected chi connectivity index (χ3v) is 10.8. The maximum Gasteiger partial charge on any atom is 0.408 e. The van der Waals surface area contributed by atoms with Gasteiger partial charge in [0.1, 0.15) is 36.0 Å². The Morgan fingerprint density at radius 3 is 2.44 bits per heavy atom. The van der Waals surface area contributed by atoms with Crippen LogP contribution >= 0.6 is 0 Å². The fourth-order valence-corrected chi connectivity index (χ4v) is 8.19. The Kier molecular flexibility index (Phi) is 8.94. The van der Waals surface area contributed by atoms with Crippen molar-refractivity contribution in [2.45, 2.75) is 110 Å². The Morgan fingerprint density at radius 2 is 1.73 bits per heavy atom. The molecule has 0 unspecified atom stereocenters. The predicted molar refractivity (Wildman–Crippen MR) is 169 cm³/mol. The molecule has 45 heavy (non-hydrogen) atoms. The molecule has 1 N–H and O–H groups in total. The Hall–Kier alpha value is -3.43. The highest BCUT2D eigenvalue weighted by molar-refractivity contribution is 5.89. The minimum Gasteiger partial charge on any atom is -0.497 e. The van der Waals surface area contributed by atoms with Crippen molar-refractivity contribution in [3.05, 3.63) is 23.9 Å². The van der Waals surface area contributed by atoms with Gasteiger partial charge in [-0.15, -0.1) is 0 Å². The van der Waals surface area contributed by atoms with E-state index >= 15 is 0 Å². The summed E-state index contributed by atoms with van der Waals surface area (Å²) >= 11 is 0. The molecule has 1 saturated heterocycles. The van der Waals surface area contributed by atoms with Crippen LogP contribution in [0.15, 0.2) is 18.2 Å². The molecule has 1 aromatic heterocycles. The van der Waals surface area contributed by atoms with E-state index < -0.39 is 29.7 Å². The van der Waals surface area contributed by atoms with E-state index in [0.717, 1.165) is 56.0 Å². The fourth-order valence-electron chi connectivity index (χ4n) is 8.19. The number of carbonyl (C=O) groups is 3. The largest absolute Gasteiger partial charge is 0.497 e. The zero-order valence-corrected chi connectivity index (χ0v) is 27.3. The zero-order chi connectivity index (χ0) is 31.9. The molecule has 2 aliphatic heterocycles. The highest BCUT2D eigenvalue weighted by atomic mass is 16.6. The van der Waals surface area contributed by atoms with Crippen molar-refractivity contribution in [1.29, 1.82) is 0 Å². The van der Waals surface area contributed by atoms with E-state index in [1.807, 2.05) is 45.9 Å². The Bertz CT molecular complexity index is 1420. The molecule has 0 spiro atoms. The van der Waals surface area contributed by atoms with Gasteiger partial charge in [-0.3, -0.25) is 4.79 Å². The number of fused-ring (bicyclic) bond motifs is 6. The summed E-state index contributed by atoms with van der Waals surface area (Å²) in [4.78, 5) is 51.6. The van der Waals surface area contributed by atoms with Crippen LogP contribution in [0.3, 0.4) is 0 Å². The van der Waals surface area contributed by atoms with Gasteiger partial charge in [-0.25, -0.2) is 14.8 Å². The van der Waals surface area contributed by atoms with E-state index in [1.54, 1.807) is 12.0 Å². The summed E-state index contributed by atoms with van der Waals surface area (Å²) in [5.74, 6) is 1.77. The second-order valence-corrected chi connectivity index (χ2v) is 14.7. The standard InChI is InChI=1S/C35H48N4O6/c1-20-28(19-40)39-18-29(20)44-32-26(36-25-16-15-23(43-5)17-27(25)37-32)10-8-6-7-9-24-21-11-13-22(14-12-21)30(24)45-34(42)38-31(33(39)41)35(2,3)4/h15-17,19-22,24,28-31H,6-14,18H2,1-5H3,(H,38,42)/t20-,21?,22?,24+,28+,29-,30+,31+/m0/s1. The van der Waals surface area contributed by atoms with Gasteiger partial charge >= 0.3 is 6.09 Å². The topological polar surface area (TPSA) is 120 Å². The number of aryl methyl sites for hydroxylation is 1. The quantitative estimate of drug-likeness (QED) is 0.438. The van der Waals surface area contributed by atoms with Crippen LogP contribution < -0.4 is 14.8 Å². The number of methoxy groups -OCH3 is 1. The van der Waals surface area contributed by atoms with Gasteiger partial charge in [0.25, 0.3) is 0 Å². The van der Waals surface area contributed by atoms with Crippen LogP contribution in [0.2, 0.25) is 0 Å². The van der Waals surface area contributed by atoms with Gasteiger partial charge < -0.3 is 29.2 Å². The number of hydrogen-bond donors (Lipinski definition) is 1. The summed E-state index contributed by atoms with van der Waals surface area (Å²) in [5.41, 5.74) is 1.60. The van der Waals surface area contributed by atoms with Crippen molar-refractivity contribution in [3.8, 4) is 11.6 Å². The van der Waals surface area contributed by atoms with Crippen LogP contribution in [-0.2, 0) is 20.7 Å². The molecule has 10 nitrogen and oxygen atoms in total. The SMILES string of the molecule is COc1ccc2nc3c(nc2c1)O[C@H]1CN(C(=O)[C@H](C(C)(C)C)NC(=O)O[C@@H]2C4CCC(CC4)[C@H]2CCCCC3)[C@H](C=O)[C@@H]1C. The monoisotopic (exact) mass is 620 g/mol. The maximum absolute atomic E-state index is 14.2. The van der Waals surface area contributed by atoms with E-state index in [0.29, 0.717) is 41.3 Å². The number of benzene rings is 1. The number of ether oxygens (including phenoxy) is 3. The van der Waals surface area contributed by atoms with Gasteiger partial charge in [0.05, 0.1) is 30.7 Å². The molecule has 0 radical (unpaired) electrons. The Morgan fingerprint density at radius 1 is 0.978 bits per heavy atom. The number of nitrogens with zero attached hydrogens (tertiary/aromatic N) is 3. The summed E-state index contributed by atoms with van der Waals surface area (Å²) < 4.78 is 18.2. The molecule has 244 valence electrons. The highest BCUT2D eigenvalue weighted by Crippen LogP contribution is 2.48. The van der Waals surface area contributed by atoms with E-state index in [4.69, 9.17) is 24.2 Å². The number of hydrogen-bond acceptors (Lipinski definition) is 8. The first-order chi connectivity index (χ1) is 21.6. The van der Waals surface area contributed by atoms with Crippen LogP contribution in [0.5, 0.6) is 11.6 Å². The van der Waals surface area contributed by atoms with Crippen LogP contribution in [0.1, 0.15) is 84.8 Å². The second kappa shape index (κ2) is 12.8. The lowest BCUT2D eigenvalue weighted by atomic mass is 9.61. The molecule has 4 bridgehead atoms. The minimum atomic E-state index is -0.875. The van der Waals surface area contributed by atoms with Crippen molar-refractivity contribution >= 4 is 29.3 Å². The molecular weight excluding hydrogens is 572 g/mol. The average molecular weight is 621 g/mol. The molecule has 10 heteroatoms. The molecule has 5 aliphatic rings. The van der Waals surface area contributed by atoms with Crippen molar-refractivity contribution in [1.82, 2.24) is 20.2 Å². The number of nitrogens with one attached hydrogen (secondary N) is 1. The molecular formula is C35H48N4O6. The molecule has 6 atom stereocenters. The first-order valence-electron chi connectivity index (χ1n) is 16.8. The number of aldehydes is 1. The van der Waals surface area contributed by atoms with Crippen LogP contribution in [0.25, 0.3) is 11.0 Å². The number of aromatic nitrogens is 2. The lowest BCUT2D eigenvalue weighted by Crippen LogP contribution is -2.57. The van der Waals surface area contributed by atoms with E-state index in [1.165, 1.54) is 12.8 Å². The number of rotatable bonds is 2. The maximum atomic E-state index is 14.2. The molecule has 1 aromatic carbocycles. The van der Waals surface area contributed by atoms with Crippen molar-refractivity contribution < 1.29 is 28.6 Å². The molecule has 2 aromatic rings. The van der Waals surface area contributed by atoms with E-state index in [-0.39, 0.29) is 24.5 Å². The lowest BCUT2D eigenvalue weighted by molar-refractivity contribution is -0.139. The van der Waals surface area contributed by atoms with Gasteiger partial charge in [0.15, 0.2) is 0 Å². The number of carbonyl (C=O) groups excluding carboxylic acids is 3. The molecule has 2 amide bonds. The van der Waals surface area contributed by atoms with Gasteiger partial charge in [0, 0.05) is 12.0 Å². The molecule has 3 saturated carbocycles.